The first kappa shape index (κ1) is 13.4. The number of halogens is 1. The van der Waals surface area contributed by atoms with Gasteiger partial charge in [-0.3, -0.25) is 9.48 Å². The van der Waals surface area contributed by atoms with Crippen molar-refractivity contribution >= 4 is 17.6 Å². The van der Waals surface area contributed by atoms with E-state index < -0.39 is 0 Å². The van der Waals surface area contributed by atoms with Gasteiger partial charge >= 0.3 is 5.97 Å². The third-order valence-corrected chi connectivity index (χ3v) is 3.40. The topological polar surface area (TPSA) is 56.2 Å². The van der Waals surface area contributed by atoms with Crippen molar-refractivity contribution in [3.05, 3.63) is 16.9 Å². The molecule has 100 valence electrons. The molecule has 0 radical (unpaired) electrons. The van der Waals surface area contributed by atoms with Crippen LogP contribution >= 0.6 is 11.6 Å². The van der Waals surface area contributed by atoms with Gasteiger partial charge in [0.25, 0.3) is 0 Å². The third kappa shape index (κ3) is 3.46. The number of nitrogens with zero attached hydrogens (tertiary/aromatic N) is 2. The number of hydrogen-bond acceptors (Lipinski definition) is 4. The Balaban J connectivity index is 1.89. The molecular weight excluding hydrogens is 254 g/mol. The summed E-state index contributed by atoms with van der Waals surface area (Å²) in [4.78, 5) is 11.6. The number of hydrogen-bond donors (Lipinski definition) is 1. The highest BCUT2D eigenvalue weighted by Gasteiger charge is 2.28. The molecule has 0 amide bonds. The zero-order valence-corrected chi connectivity index (χ0v) is 11.4. The van der Waals surface area contributed by atoms with E-state index in [0.717, 1.165) is 18.5 Å². The van der Waals surface area contributed by atoms with Crippen LogP contribution in [-0.4, -0.2) is 34.9 Å². The Hall–Kier alpha value is -1.07. The third-order valence-electron chi connectivity index (χ3n) is 3.03. The van der Waals surface area contributed by atoms with Gasteiger partial charge in [-0.1, -0.05) is 11.6 Å². The average molecular weight is 272 g/mol. The number of rotatable bonds is 6. The molecule has 6 heteroatoms. The number of carbonyl (C=O) groups excluding carboxylic acids is 1. The van der Waals surface area contributed by atoms with Crippen LogP contribution < -0.4 is 5.32 Å². The molecule has 1 unspecified atom stereocenters. The first-order chi connectivity index (χ1) is 8.60. The molecule has 0 aliphatic heterocycles. The highest BCUT2D eigenvalue weighted by Crippen LogP contribution is 2.20. The molecule has 18 heavy (non-hydrogen) atoms. The number of carbonyl (C=O) groups is 1. The van der Waals surface area contributed by atoms with E-state index in [1.165, 1.54) is 7.11 Å². The smallest absolute Gasteiger partial charge is 0.322 e. The minimum absolute atomic E-state index is 0.211. The summed E-state index contributed by atoms with van der Waals surface area (Å²) in [6.07, 6.45) is 4.71. The first-order valence-corrected chi connectivity index (χ1v) is 6.51. The summed E-state index contributed by atoms with van der Waals surface area (Å²) < 4.78 is 6.57. The summed E-state index contributed by atoms with van der Waals surface area (Å²) in [5.74, 6) is -0.211. The summed E-state index contributed by atoms with van der Waals surface area (Å²) in [6.45, 7) is 2.51. The molecule has 1 saturated carbocycles. The van der Waals surface area contributed by atoms with Gasteiger partial charge in [0.1, 0.15) is 6.04 Å². The summed E-state index contributed by atoms with van der Waals surface area (Å²) in [5, 5.41) is 8.20. The second-order valence-corrected chi connectivity index (χ2v) is 5.04. The molecule has 1 aromatic heterocycles. The lowest BCUT2D eigenvalue weighted by Crippen LogP contribution is -2.39. The molecule has 1 atom stereocenters. The number of aryl methyl sites for hydroxylation is 2. The van der Waals surface area contributed by atoms with Gasteiger partial charge in [0.2, 0.25) is 0 Å². The van der Waals surface area contributed by atoms with Crippen molar-refractivity contribution in [1.82, 2.24) is 15.1 Å². The zero-order valence-electron chi connectivity index (χ0n) is 10.6. The van der Waals surface area contributed by atoms with E-state index in [1.54, 1.807) is 10.9 Å². The van der Waals surface area contributed by atoms with E-state index in [2.05, 4.69) is 10.4 Å². The standard InChI is InChI=1S/C12H18ClN3O2/c1-8-10(13)7-16(15-8)6-5-11(12(17)18-2)14-9-3-4-9/h7,9,11,14H,3-6H2,1-2H3. The largest absolute Gasteiger partial charge is 0.468 e. The predicted octanol–water partition coefficient (Wildman–Crippen LogP) is 1.53. The van der Waals surface area contributed by atoms with Gasteiger partial charge in [-0.2, -0.15) is 5.10 Å². The van der Waals surface area contributed by atoms with Crippen molar-refractivity contribution in [1.29, 1.82) is 0 Å². The number of nitrogens with one attached hydrogen (secondary N) is 1. The molecule has 0 spiro atoms. The van der Waals surface area contributed by atoms with Crippen molar-refractivity contribution in [3.8, 4) is 0 Å². The minimum Gasteiger partial charge on any atom is -0.468 e. The normalized spacial score (nSPS) is 16.6. The zero-order chi connectivity index (χ0) is 13.1. The van der Waals surface area contributed by atoms with Gasteiger partial charge < -0.3 is 10.1 Å². The second-order valence-electron chi connectivity index (χ2n) is 4.63. The van der Waals surface area contributed by atoms with Gasteiger partial charge in [0.15, 0.2) is 0 Å². The first-order valence-electron chi connectivity index (χ1n) is 6.13. The van der Waals surface area contributed by atoms with Crippen LogP contribution in [-0.2, 0) is 16.1 Å². The van der Waals surface area contributed by atoms with Gasteiger partial charge in [0, 0.05) is 18.8 Å². The number of esters is 1. The number of methoxy groups -OCH3 is 1. The molecule has 0 saturated heterocycles. The molecule has 1 aliphatic rings. The van der Waals surface area contributed by atoms with Crippen LogP contribution in [0.3, 0.4) is 0 Å². The molecule has 1 heterocycles. The van der Waals surface area contributed by atoms with Crippen LogP contribution in [0.5, 0.6) is 0 Å². The lowest BCUT2D eigenvalue weighted by Gasteiger charge is -2.15. The Kier molecular flexibility index (Phi) is 4.24. The van der Waals surface area contributed by atoms with Gasteiger partial charge in [-0.15, -0.1) is 0 Å². The van der Waals surface area contributed by atoms with Gasteiger partial charge in [0.05, 0.1) is 17.8 Å². The van der Waals surface area contributed by atoms with Gasteiger partial charge in [-0.25, -0.2) is 0 Å². The SMILES string of the molecule is COC(=O)C(CCn1cc(Cl)c(C)n1)NC1CC1. The number of ether oxygens (including phenoxy) is 1. The maximum absolute atomic E-state index is 11.6. The summed E-state index contributed by atoms with van der Waals surface area (Å²) in [7, 11) is 1.42. The summed E-state index contributed by atoms with van der Waals surface area (Å²) in [6, 6.07) is 0.211. The molecule has 1 N–H and O–H groups in total. The Morgan fingerprint density at radius 1 is 1.72 bits per heavy atom. The molecule has 0 bridgehead atoms. The van der Waals surface area contributed by atoms with Crippen LogP contribution in [0.1, 0.15) is 25.0 Å². The highest BCUT2D eigenvalue weighted by atomic mass is 35.5. The summed E-state index contributed by atoms with van der Waals surface area (Å²) >= 11 is 5.94. The Bertz CT molecular complexity index is 409. The van der Waals surface area contributed by atoms with Crippen LogP contribution in [0, 0.1) is 6.92 Å². The van der Waals surface area contributed by atoms with Crippen LogP contribution in [0.2, 0.25) is 5.02 Å². The fourth-order valence-electron chi connectivity index (χ4n) is 1.82. The maximum Gasteiger partial charge on any atom is 0.322 e. The second kappa shape index (κ2) is 5.71. The lowest BCUT2D eigenvalue weighted by atomic mass is 10.2. The quantitative estimate of drug-likeness (QED) is 0.797. The van der Waals surface area contributed by atoms with Crippen molar-refractivity contribution < 1.29 is 9.53 Å². The van der Waals surface area contributed by atoms with Crippen LogP contribution in [0.15, 0.2) is 6.20 Å². The van der Waals surface area contributed by atoms with E-state index in [9.17, 15) is 4.79 Å². The Morgan fingerprint density at radius 3 is 2.94 bits per heavy atom. The van der Waals surface area contributed by atoms with Crippen molar-refractivity contribution in [2.24, 2.45) is 0 Å². The predicted molar refractivity (Wildman–Crippen MR) is 68.6 cm³/mol. The Morgan fingerprint density at radius 2 is 2.44 bits per heavy atom. The van der Waals surface area contributed by atoms with Crippen molar-refractivity contribution in [2.75, 3.05) is 7.11 Å². The minimum atomic E-state index is -0.259. The van der Waals surface area contributed by atoms with Crippen molar-refractivity contribution in [2.45, 2.75) is 44.8 Å². The van der Waals surface area contributed by atoms with Crippen molar-refractivity contribution in [3.63, 3.8) is 0 Å². The van der Waals surface area contributed by atoms with E-state index >= 15 is 0 Å². The molecule has 1 aromatic rings. The molecule has 2 rings (SSSR count). The molecule has 1 fully saturated rings. The fourth-order valence-corrected chi connectivity index (χ4v) is 1.97. The van der Waals surface area contributed by atoms with Gasteiger partial charge in [-0.05, 0) is 26.2 Å². The van der Waals surface area contributed by atoms with E-state index in [1.807, 2.05) is 6.92 Å². The summed E-state index contributed by atoms with van der Waals surface area (Å²) in [5.41, 5.74) is 0.807. The van der Waals surface area contributed by atoms with E-state index in [-0.39, 0.29) is 12.0 Å². The molecular formula is C12H18ClN3O2. The van der Waals surface area contributed by atoms with E-state index in [0.29, 0.717) is 24.0 Å². The fraction of sp³-hybridized carbons (Fsp3) is 0.667. The maximum atomic E-state index is 11.6. The molecule has 0 aromatic carbocycles. The van der Waals surface area contributed by atoms with E-state index in [4.69, 9.17) is 16.3 Å². The number of aromatic nitrogens is 2. The van der Waals surface area contributed by atoms with Crippen LogP contribution in [0.4, 0.5) is 0 Å². The molecule has 1 aliphatic carbocycles. The van der Waals surface area contributed by atoms with Crippen LogP contribution in [0.25, 0.3) is 0 Å². The average Bonchev–Trinajstić information content (AvgIpc) is 3.11. The Labute approximate surface area is 111 Å². The monoisotopic (exact) mass is 271 g/mol. The molecule has 5 nitrogen and oxygen atoms in total. The highest BCUT2D eigenvalue weighted by molar-refractivity contribution is 6.31. The lowest BCUT2D eigenvalue weighted by molar-refractivity contribution is -0.143.